The Morgan fingerprint density at radius 1 is 1.12 bits per heavy atom. The fourth-order valence-corrected chi connectivity index (χ4v) is 2.28. The molecule has 16 heavy (non-hydrogen) atoms. The zero-order chi connectivity index (χ0) is 12.2. The van der Waals surface area contributed by atoms with E-state index < -0.39 is 0 Å². The molecule has 1 aromatic heterocycles. The second-order valence-corrected chi connectivity index (χ2v) is 3.91. The van der Waals surface area contributed by atoms with Crippen molar-refractivity contribution in [2.75, 3.05) is 5.75 Å². The molecule has 0 bridgehead atoms. The molecule has 0 fully saturated rings. The fourth-order valence-electron chi connectivity index (χ4n) is 1.24. The number of nitrogens with zero attached hydrogens (tertiary/aromatic N) is 1. The van der Waals surface area contributed by atoms with E-state index in [0.717, 1.165) is 5.69 Å². The predicted octanol–water partition coefficient (Wildman–Crippen LogP) is 5.00. The summed E-state index contributed by atoms with van der Waals surface area (Å²) in [5, 5.41) is 0. The number of rotatable bonds is 1. The zero-order valence-corrected chi connectivity index (χ0v) is 11.7. The third-order valence-corrected chi connectivity index (χ3v) is 3.03. The molecule has 0 saturated heterocycles. The van der Waals surface area contributed by atoms with Crippen LogP contribution in [0.1, 0.15) is 46.2 Å². The monoisotopic (exact) mass is 237 g/mol. The first-order chi connectivity index (χ1) is 7.97. The smallest absolute Gasteiger partial charge is 0.0762 e. The van der Waals surface area contributed by atoms with Gasteiger partial charge in [-0.1, -0.05) is 39.8 Å². The van der Waals surface area contributed by atoms with E-state index in [1.165, 1.54) is 23.5 Å². The summed E-state index contributed by atoms with van der Waals surface area (Å²) in [5.41, 5.74) is 1.13. The third-order valence-electron chi connectivity index (χ3n) is 1.85. The molecule has 1 nitrogen and oxygen atoms in total. The summed E-state index contributed by atoms with van der Waals surface area (Å²) >= 11 is 1.91. The van der Waals surface area contributed by atoms with Gasteiger partial charge in [-0.05, 0) is 30.7 Å². The van der Waals surface area contributed by atoms with Gasteiger partial charge in [0.25, 0.3) is 0 Å². The summed E-state index contributed by atoms with van der Waals surface area (Å²) in [6.07, 6.45) is 6.65. The molecule has 0 saturated carbocycles. The number of hydrogen-bond donors (Lipinski definition) is 0. The summed E-state index contributed by atoms with van der Waals surface area (Å²) in [4.78, 5) is 5.66. The fraction of sp³-hybridized carbons (Fsp3) is 0.500. The molecule has 2 heterocycles. The van der Waals surface area contributed by atoms with Crippen LogP contribution in [0.3, 0.4) is 0 Å². The number of pyridine rings is 1. The van der Waals surface area contributed by atoms with Gasteiger partial charge in [0.15, 0.2) is 0 Å². The number of allylic oxidation sites excluding steroid dienone is 1. The van der Waals surface area contributed by atoms with Crippen molar-refractivity contribution in [1.29, 1.82) is 0 Å². The molecule has 0 spiro atoms. The molecule has 0 aromatic carbocycles. The summed E-state index contributed by atoms with van der Waals surface area (Å²) in [5.74, 6) is 1.24. The van der Waals surface area contributed by atoms with Crippen LogP contribution >= 0.6 is 11.8 Å². The Balaban J connectivity index is 0.000000509. The van der Waals surface area contributed by atoms with Crippen LogP contribution in [0.5, 0.6) is 0 Å². The molecule has 0 N–H and O–H groups in total. The maximum absolute atomic E-state index is 4.31. The van der Waals surface area contributed by atoms with E-state index in [0.29, 0.717) is 0 Å². The van der Waals surface area contributed by atoms with E-state index in [4.69, 9.17) is 0 Å². The molecule has 2 heteroatoms. The van der Waals surface area contributed by atoms with Crippen LogP contribution in [0.25, 0.3) is 4.91 Å². The molecule has 0 atom stereocenters. The number of aromatic nitrogens is 1. The Bertz CT molecular complexity index is 280. The molecule has 0 unspecified atom stereocenters. The highest BCUT2D eigenvalue weighted by atomic mass is 32.2. The second-order valence-electron chi connectivity index (χ2n) is 2.77. The van der Waals surface area contributed by atoms with Gasteiger partial charge in [0.2, 0.25) is 0 Å². The Labute approximate surface area is 104 Å². The summed E-state index contributed by atoms with van der Waals surface area (Å²) < 4.78 is 0. The molecule has 0 radical (unpaired) electrons. The maximum atomic E-state index is 4.31. The van der Waals surface area contributed by atoms with E-state index in [2.05, 4.69) is 17.1 Å². The lowest BCUT2D eigenvalue weighted by Crippen LogP contribution is -1.91. The van der Waals surface area contributed by atoms with Gasteiger partial charge in [-0.2, -0.15) is 0 Å². The summed E-state index contributed by atoms with van der Waals surface area (Å²) in [6, 6.07) is 6.07. The van der Waals surface area contributed by atoms with Crippen molar-refractivity contribution >= 4 is 16.7 Å². The average molecular weight is 237 g/mol. The van der Waals surface area contributed by atoms with Gasteiger partial charge in [-0.3, -0.25) is 4.98 Å². The predicted molar refractivity (Wildman–Crippen MR) is 76.6 cm³/mol. The van der Waals surface area contributed by atoms with Crippen molar-refractivity contribution in [3.63, 3.8) is 0 Å². The minimum absolute atomic E-state index is 1.13. The van der Waals surface area contributed by atoms with Gasteiger partial charge in [0.05, 0.1) is 5.69 Å². The van der Waals surface area contributed by atoms with Crippen molar-refractivity contribution in [3.8, 4) is 0 Å². The van der Waals surface area contributed by atoms with Crippen LogP contribution in [0, 0.1) is 0 Å². The first-order valence-electron chi connectivity index (χ1n) is 6.21. The van der Waals surface area contributed by atoms with Crippen molar-refractivity contribution in [2.45, 2.75) is 40.5 Å². The van der Waals surface area contributed by atoms with Crippen LogP contribution in [-0.2, 0) is 0 Å². The van der Waals surface area contributed by atoms with Crippen molar-refractivity contribution in [1.82, 2.24) is 4.98 Å². The Kier molecular flexibility index (Phi) is 10.2. The molecule has 0 aliphatic carbocycles. The molecular formula is C14H23NS. The molecule has 1 aliphatic heterocycles. The summed E-state index contributed by atoms with van der Waals surface area (Å²) in [7, 11) is 0. The zero-order valence-electron chi connectivity index (χ0n) is 10.9. The third kappa shape index (κ3) is 5.36. The van der Waals surface area contributed by atoms with E-state index in [1.807, 2.05) is 57.8 Å². The number of hydrogen-bond acceptors (Lipinski definition) is 2. The van der Waals surface area contributed by atoms with Gasteiger partial charge in [-0.15, -0.1) is 11.8 Å². The van der Waals surface area contributed by atoms with Crippen molar-refractivity contribution in [2.24, 2.45) is 0 Å². The van der Waals surface area contributed by atoms with Gasteiger partial charge < -0.3 is 0 Å². The molecule has 1 aliphatic rings. The van der Waals surface area contributed by atoms with Gasteiger partial charge in [0, 0.05) is 11.1 Å². The van der Waals surface area contributed by atoms with Crippen LogP contribution in [0.4, 0.5) is 0 Å². The number of thioether (sulfide) groups is 1. The van der Waals surface area contributed by atoms with E-state index in [1.54, 1.807) is 0 Å². The van der Waals surface area contributed by atoms with E-state index in [9.17, 15) is 0 Å². The lowest BCUT2D eigenvalue weighted by Gasteiger charge is -2.10. The molecule has 2 rings (SSSR count). The van der Waals surface area contributed by atoms with Crippen LogP contribution in [0.15, 0.2) is 30.5 Å². The largest absolute Gasteiger partial charge is 0.256 e. The topological polar surface area (TPSA) is 12.9 Å². The normalized spacial score (nSPS) is 13.6. The van der Waals surface area contributed by atoms with Crippen LogP contribution in [-0.4, -0.2) is 10.7 Å². The molecule has 0 amide bonds. The minimum atomic E-state index is 1.13. The molecule has 1 aromatic rings. The molecular weight excluding hydrogens is 214 g/mol. The first kappa shape index (κ1) is 15.2. The second kappa shape index (κ2) is 10.7. The highest BCUT2D eigenvalue weighted by molar-refractivity contribution is 8.08. The highest BCUT2D eigenvalue weighted by Crippen LogP contribution is 2.30. The van der Waals surface area contributed by atoms with Crippen molar-refractivity contribution < 1.29 is 0 Å². The lowest BCUT2D eigenvalue weighted by molar-refractivity contribution is 0.967. The van der Waals surface area contributed by atoms with Crippen LogP contribution < -0.4 is 0 Å². The quantitative estimate of drug-likeness (QED) is 0.681. The summed E-state index contributed by atoms with van der Waals surface area (Å²) in [6.45, 7) is 8.00. The SMILES string of the molecule is C1=C(c2ccccn2)SCCC1.CC.CC. The average Bonchev–Trinajstić information content (AvgIpc) is 2.45. The lowest BCUT2D eigenvalue weighted by atomic mass is 10.2. The van der Waals surface area contributed by atoms with Crippen molar-refractivity contribution in [3.05, 3.63) is 36.2 Å². The Morgan fingerprint density at radius 3 is 2.38 bits per heavy atom. The Morgan fingerprint density at radius 2 is 1.88 bits per heavy atom. The first-order valence-corrected chi connectivity index (χ1v) is 7.20. The maximum Gasteiger partial charge on any atom is 0.0762 e. The Hall–Kier alpha value is -0.760. The van der Waals surface area contributed by atoms with Crippen LogP contribution in [0.2, 0.25) is 0 Å². The van der Waals surface area contributed by atoms with Gasteiger partial charge in [-0.25, -0.2) is 0 Å². The van der Waals surface area contributed by atoms with Gasteiger partial charge >= 0.3 is 0 Å². The van der Waals surface area contributed by atoms with E-state index in [-0.39, 0.29) is 0 Å². The standard InChI is InChI=1S/C10H11NS.2C2H6/c1-3-7-11-9(5-1)10-6-2-4-8-12-10;2*1-2/h1,3,5-7H,2,4,8H2;2*1-2H3. The van der Waals surface area contributed by atoms with E-state index >= 15 is 0 Å². The highest BCUT2D eigenvalue weighted by Gasteiger charge is 2.06. The van der Waals surface area contributed by atoms with Gasteiger partial charge in [0.1, 0.15) is 0 Å². The minimum Gasteiger partial charge on any atom is -0.256 e. The molecule has 90 valence electrons.